The van der Waals surface area contributed by atoms with Crippen molar-refractivity contribution in [3.05, 3.63) is 36.7 Å². The van der Waals surface area contributed by atoms with Crippen LogP contribution in [0.15, 0.2) is 36.7 Å². The minimum absolute atomic E-state index is 0.763. The molecule has 0 aliphatic rings. The van der Waals surface area contributed by atoms with Crippen molar-refractivity contribution >= 4 is 11.6 Å². The Hall–Kier alpha value is -2.01. The Morgan fingerprint density at radius 2 is 2.25 bits per heavy atom. The van der Waals surface area contributed by atoms with Crippen LogP contribution in [-0.4, -0.2) is 29.9 Å². The molecule has 1 aromatic heterocycles. The maximum Gasteiger partial charge on any atom is 0.207 e. The van der Waals surface area contributed by atoms with Crippen molar-refractivity contribution in [2.24, 2.45) is 0 Å². The summed E-state index contributed by atoms with van der Waals surface area (Å²) >= 11 is 0. The molecule has 20 heavy (non-hydrogen) atoms. The van der Waals surface area contributed by atoms with Crippen molar-refractivity contribution in [2.75, 3.05) is 25.6 Å². The van der Waals surface area contributed by atoms with Crippen molar-refractivity contribution in [1.82, 2.24) is 9.55 Å². The summed E-state index contributed by atoms with van der Waals surface area (Å²) in [4.78, 5) is 4.34. The van der Waals surface area contributed by atoms with Gasteiger partial charge in [0.05, 0.1) is 7.11 Å². The van der Waals surface area contributed by atoms with Gasteiger partial charge in [-0.1, -0.05) is 6.07 Å². The molecule has 0 aliphatic carbocycles. The van der Waals surface area contributed by atoms with E-state index in [1.165, 1.54) is 0 Å². The van der Waals surface area contributed by atoms with Gasteiger partial charge in [-0.25, -0.2) is 4.98 Å². The molecule has 1 aromatic carbocycles. The van der Waals surface area contributed by atoms with Crippen LogP contribution in [0.4, 0.5) is 11.6 Å². The summed E-state index contributed by atoms with van der Waals surface area (Å²) in [5.74, 6) is 1.65. The number of nitrogens with one attached hydrogen (secondary N) is 1. The summed E-state index contributed by atoms with van der Waals surface area (Å²) < 4.78 is 12.6. The zero-order valence-electron chi connectivity index (χ0n) is 12.0. The van der Waals surface area contributed by atoms with Crippen molar-refractivity contribution < 1.29 is 9.47 Å². The van der Waals surface area contributed by atoms with Crippen LogP contribution in [0.5, 0.6) is 5.75 Å². The summed E-state index contributed by atoms with van der Waals surface area (Å²) in [6.07, 6.45) is 4.73. The van der Waals surface area contributed by atoms with Crippen LogP contribution in [0.2, 0.25) is 0 Å². The fourth-order valence-electron chi connectivity index (χ4n) is 1.92. The standard InChI is InChI=1S/C15H21N3O2/c1-3-20-11-5-9-18-10-8-16-15(18)17-13-6-4-7-14(12-13)19-2/h4,6-8,10,12H,3,5,9,11H2,1-2H3,(H,16,17). The number of anilines is 2. The van der Waals surface area contributed by atoms with Crippen LogP contribution in [0.1, 0.15) is 13.3 Å². The predicted molar refractivity (Wildman–Crippen MR) is 79.6 cm³/mol. The smallest absolute Gasteiger partial charge is 0.207 e. The maximum absolute atomic E-state index is 5.35. The quantitative estimate of drug-likeness (QED) is 0.752. The largest absolute Gasteiger partial charge is 0.497 e. The van der Waals surface area contributed by atoms with Crippen LogP contribution in [0, 0.1) is 0 Å². The Bertz CT molecular complexity index is 525. The van der Waals surface area contributed by atoms with Gasteiger partial charge in [-0.2, -0.15) is 0 Å². The van der Waals surface area contributed by atoms with E-state index in [1.807, 2.05) is 37.4 Å². The van der Waals surface area contributed by atoms with Gasteiger partial charge in [0.25, 0.3) is 0 Å². The minimum Gasteiger partial charge on any atom is -0.497 e. The highest BCUT2D eigenvalue weighted by atomic mass is 16.5. The molecule has 2 rings (SSSR count). The van der Waals surface area contributed by atoms with Gasteiger partial charge in [0.2, 0.25) is 5.95 Å². The lowest BCUT2D eigenvalue weighted by atomic mass is 10.3. The van der Waals surface area contributed by atoms with Gasteiger partial charge in [0, 0.05) is 43.9 Å². The second kappa shape index (κ2) is 7.55. The third-order valence-electron chi connectivity index (χ3n) is 2.93. The van der Waals surface area contributed by atoms with Crippen molar-refractivity contribution in [1.29, 1.82) is 0 Å². The van der Waals surface area contributed by atoms with E-state index in [4.69, 9.17) is 9.47 Å². The van der Waals surface area contributed by atoms with Crippen molar-refractivity contribution in [2.45, 2.75) is 19.9 Å². The fourth-order valence-corrected chi connectivity index (χ4v) is 1.92. The Labute approximate surface area is 119 Å². The zero-order chi connectivity index (χ0) is 14.2. The van der Waals surface area contributed by atoms with Crippen molar-refractivity contribution in [3.8, 4) is 5.75 Å². The Balaban J connectivity index is 1.97. The van der Waals surface area contributed by atoms with Gasteiger partial charge in [-0.05, 0) is 25.5 Å². The Morgan fingerprint density at radius 3 is 3.05 bits per heavy atom. The minimum atomic E-state index is 0.763. The van der Waals surface area contributed by atoms with E-state index in [0.717, 1.165) is 43.6 Å². The molecule has 1 N–H and O–H groups in total. The average Bonchev–Trinajstić information content (AvgIpc) is 2.91. The lowest BCUT2D eigenvalue weighted by Crippen LogP contribution is -2.06. The highest BCUT2D eigenvalue weighted by Crippen LogP contribution is 2.20. The monoisotopic (exact) mass is 275 g/mol. The van der Waals surface area contributed by atoms with E-state index in [9.17, 15) is 0 Å². The second-order valence-corrected chi connectivity index (χ2v) is 4.35. The molecular weight excluding hydrogens is 254 g/mol. The normalized spacial score (nSPS) is 10.5. The lowest BCUT2D eigenvalue weighted by molar-refractivity contribution is 0.142. The van der Waals surface area contributed by atoms with Gasteiger partial charge in [-0.3, -0.25) is 0 Å². The van der Waals surface area contributed by atoms with Crippen LogP contribution in [0.3, 0.4) is 0 Å². The molecule has 0 spiro atoms. The summed E-state index contributed by atoms with van der Waals surface area (Å²) in [5.41, 5.74) is 0.960. The summed E-state index contributed by atoms with van der Waals surface area (Å²) in [7, 11) is 1.66. The van der Waals surface area contributed by atoms with Crippen LogP contribution >= 0.6 is 0 Å². The van der Waals surface area contributed by atoms with Gasteiger partial charge < -0.3 is 19.4 Å². The van der Waals surface area contributed by atoms with E-state index >= 15 is 0 Å². The molecule has 108 valence electrons. The third-order valence-corrected chi connectivity index (χ3v) is 2.93. The first-order valence-electron chi connectivity index (χ1n) is 6.83. The molecule has 0 radical (unpaired) electrons. The first-order chi connectivity index (χ1) is 9.83. The Kier molecular flexibility index (Phi) is 5.43. The predicted octanol–water partition coefficient (Wildman–Crippen LogP) is 3.06. The number of hydrogen-bond donors (Lipinski definition) is 1. The molecule has 0 unspecified atom stereocenters. The van der Waals surface area contributed by atoms with Crippen LogP contribution in [-0.2, 0) is 11.3 Å². The summed E-state index contributed by atoms with van der Waals surface area (Å²) in [6, 6.07) is 7.80. The van der Waals surface area contributed by atoms with Crippen LogP contribution < -0.4 is 10.1 Å². The van der Waals surface area contributed by atoms with E-state index < -0.39 is 0 Å². The topological polar surface area (TPSA) is 48.3 Å². The molecule has 0 amide bonds. The molecule has 0 fully saturated rings. The average molecular weight is 275 g/mol. The van der Waals surface area contributed by atoms with E-state index in [1.54, 1.807) is 13.3 Å². The molecular formula is C15H21N3O2. The molecule has 5 heteroatoms. The molecule has 2 aromatic rings. The fraction of sp³-hybridized carbons (Fsp3) is 0.400. The highest BCUT2D eigenvalue weighted by Gasteiger charge is 2.03. The van der Waals surface area contributed by atoms with Crippen LogP contribution in [0.25, 0.3) is 0 Å². The number of methoxy groups -OCH3 is 1. The number of aryl methyl sites for hydroxylation is 1. The molecule has 0 bridgehead atoms. The first kappa shape index (κ1) is 14.4. The summed E-state index contributed by atoms with van der Waals surface area (Å²) in [5, 5.41) is 3.30. The van der Waals surface area contributed by atoms with E-state index in [0.29, 0.717) is 0 Å². The number of aromatic nitrogens is 2. The molecule has 0 saturated heterocycles. The number of hydrogen-bond acceptors (Lipinski definition) is 4. The third kappa shape index (κ3) is 3.99. The van der Waals surface area contributed by atoms with Gasteiger partial charge >= 0.3 is 0 Å². The number of rotatable bonds is 8. The SMILES string of the molecule is CCOCCCn1ccnc1Nc1cccc(OC)c1. The van der Waals surface area contributed by atoms with Gasteiger partial charge in [0.1, 0.15) is 5.75 Å². The molecule has 0 aliphatic heterocycles. The number of imidazole rings is 1. The maximum atomic E-state index is 5.35. The molecule has 1 heterocycles. The molecule has 0 atom stereocenters. The summed E-state index contributed by atoms with van der Waals surface area (Å²) in [6.45, 7) is 4.42. The Morgan fingerprint density at radius 1 is 1.35 bits per heavy atom. The van der Waals surface area contributed by atoms with Crippen molar-refractivity contribution in [3.63, 3.8) is 0 Å². The van der Waals surface area contributed by atoms with Gasteiger partial charge in [-0.15, -0.1) is 0 Å². The second-order valence-electron chi connectivity index (χ2n) is 4.35. The van der Waals surface area contributed by atoms with Gasteiger partial charge in [0.15, 0.2) is 0 Å². The number of benzene rings is 1. The molecule has 0 saturated carbocycles. The first-order valence-corrected chi connectivity index (χ1v) is 6.83. The molecule has 5 nitrogen and oxygen atoms in total. The number of ether oxygens (including phenoxy) is 2. The van der Waals surface area contributed by atoms with E-state index in [2.05, 4.69) is 14.9 Å². The van der Waals surface area contributed by atoms with E-state index in [-0.39, 0.29) is 0 Å². The zero-order valence-corrected chi connectivity index (χ0v) is 12.0. The lowest BCUT2D eigenvalue weighted by Gasteiger charge is -2.10. The highest BCUT2D eigenvalue weighted by molar-refractivity contribution is 5.56. The number of nitrogens with zero attached hydrogens (tertiary/aromatic N) is 2.